The van der Waals surface area contributed by atoms with Gasteiger partial charge in [-0.2, -0.15) is 0 Å². The minimum absolute atomic E-state index is 0.00984. The Morgan fingerprint density at radius 1 is 1.12 bits per heavy atom. The monoisotopic (exact) mass is 382 g/mol. The Balaban J connectivity index is 1.65. The highest BCUT2D eigenvalue weighted by atomic mass is 35.5. The molecule has 1 atom stereocenters. The zero-order chi connectivity index (χ0) is 18.2. The number of likely N-dealkylation sites (tertiary alicyclic amines) is 1. The second kappa shape index (κ2) is 7.16. The molecule has 3 rings (SSSR count). The van der Waals surface area contributed by atoms with Gasteiger partial charge in [0.15, 0.2) is 0 Å². The Bertz CT molecular complexity index is 686. The molecule has 0 bridgehead atoms. The van der Waals surface area contributed by atoms with E-state index in [9.17, 15) is 9.59 Å². The lowest BCUT2D eigenvalue weighted by atomic mass is 9.91. The normalized spacial score (nSPS) is 21.1. The number of hydrogen-bond acceptors (Lipinski definition) is 2. The van der Waals surface area contributed by atoms with Crippen LogP contribution in [0.1, 0.15) is 45.1 Å². The second-order valence-electron chi connectivity index (χ2n) is 7.64. The third-order valence-electron chi connectivity index (χ3n) is 5.11. The summed E-state index contributed by atoms with van der Waals surface area (Å²) in [5.74, 6) is 0.263. The second-order valence-corrected chi connectivity index (χ2v) is 8.46. The predicted molar refractivity (Wildman–Crippen MR) is 99.7 cm³/mol. The lowest BCUT2D eigenvalue weighted by Crippen LogP contribution is -2.50. The van der Waals surface area contributed by atoms with E-state index in [1.54, 1.807) is 12.1 Å². The van der Waals surface area contributed by atoms with Crippen LogP contribution in [0.2, 0.25) is 10.0 Å². The Morgan fingerprint density at radius 2 is 1.84 bits per heavy atom. The Hall–Kier alpha value is -1.26. The average molecular weight is 383 g/mol. The zero-order valence-corrected chi connectivity index (χ0v) is 16.2. The van der Waals surface area contributed by atoms with E-state index in [0.717, 1.165) is 37.8 Å². The molecule has 1 saturated heterocycles. The van der Waals surface area contributed by atoms with E-state index in [1.165, 1.54) is 0 Å². The third-order valence-corrected chi connectivity index (χ3v) is 5.85. The van der Waals surface area contributed by atoms with E-state index in [4.69, 9.17) is 23.2 Å². The molecule has 0 aromatic heterocycles. The maximum atomic E-state index is 12.8. The molecule has 1 saturated carbocycles. The first-order chi connectivity index (χ1) is 11.8. The van der Waals surface area contributed by atoms with Crippen LogP contribution < -0.4 is 5.32 Å². The van der Waals surface area contributed by atoms with Gasteiger partial charge < -0.3 is 10.2 Å². The minimum atomic E-state index is -0.561. The average Bonchev–Trinajstić information content (AvgIpc) is 3.41. The summed E-state index contributed by atoms with van der Waals surface area (Å²) in [6.07, 6.45) is 3.69. The summed E-state index contributed by atoms with van der Waals surface area (Å²) < 4.78 is 0. The number of hydrogen-bond donors (Lipinski definition) is 1. The number of amides is 2. The van der Waals surface area contributed by atoms with Crippen LogP contribution in [-0.2, 0) is 15.1 Å². The predicted octanol–water partition coefficient (Wildman–Crippen LogP) is 3.99. The molecular weight excluding hydrogens is 359 g/mol. The molecule has 25 heavy (non-hydrogen) atoms. The topological polar surface area (TPSA) is 49.4 Å². The van der Waals surface area contributed by atoms with Gasteiger partial charge in [-0.25, -0.2) is 0 Å². The van der Waals surface area contributed by atoms with Crippen molar-refractivity contribution >= 4 is 35.0 Å². The van der Waals surface area contributed by atoms with E-state index >= 15 is 0 Å². The molecule has 1 aromatic rings. The van der Waals surface area contributed by atoms with E-state index in [0.29, 0.717) is 16.6 Å². The molecule has 1 aliphatic heterocycles. The first kappa shape index (κ1) is 18.5. The van der Waals surface area contributed by atoms with Gasteiger partial charge >= 0.3 is 0 Å². The Labute approximate surface area is 158 Å². The van der Waals surface area contributed by atoms with E-state index in [-0.39, 0.29) is 23.7 Å². The smallest absolute Gasteiger partial charge is 0.225 e. The Kier molecular flexibility index (Phi) is 5.31. The number of rotatable bonds is 4. The van der Waals surface area contributed by atoms with Crippen molar-refractivity contribution in [1.29, 1.82) is 0 Å². The quantitative estimate of drug-likeness (QED) is 0.855. The molecule has 1 N–H and O–H groups in total. The maximum Gasteiger partial charge on any atom is 0.225 e. The van der Waals surface area contributed by atoms with E-state index in [2.05, 4.69) is 5.32 Å². The number of carbonyl (C=O) groups is 2. The van der Waals surface area contributed by atoms with Crippen molar-refractivity contribution in [3.8, 4) is 0 Å². The van der Waals surface area contributed by atoms with Crippen molar-refractivity contribution in [2.45, 2.75) is 45.1 Å². The van der Waals surface area contributed by atoms with Gasteiger partial charge in [0.2, 0.25) is 11.8 Å². The third kappa shape index (κ3) is 4.29. The minimum Gasteiger partial charge on any atom is -0.347 e. The van der Waals surface area contributed by atoms with Crippen LogP contribution in [0.5, 0.6) is 0 Å². The van der Waals surface area contributed by atoms with Crippen molar-refractivity contribution < 1.29 is 9.59 Å². The number of piperidine rings is 1. The SMILES string of the molecule is CC(C)(NC(=O)C1CCCN(C(=O)C2CC2)C1)c1ccc(Cl)c(Cl)c1. The molecule has 0 spiro atoms. The van der Waals surface area contributed by atoms with Crippen LogP contribution >= 0.6 is 23.2 Å². The van der Waals surface area contributed by atoms with Gasteiger partial charge in [-0.15, -0.1) is 0 Å². The van der Waals surface area contributed by atoms with E-state index < -0.39 is 5.54 Å². The van der Waals surface area contributed by atoms with Crippen molar-refractivity contribution in [1.82, 2.24) is 10.2 Å². The number of halogens is 2. The summed E-state index contributed by atoms with van der Waals surface area (Å²) in [6.45, 7) is 5.19. The molecule has 2 fully saturated rings. The van der Waals surface area contributed by atoms with E-state index in [1.807, 2.05) is 24.8 Å². The van der Waals surface area contributed by atoms with Crippen molar-refractivity contribution in [3.63, 3.8) is 0 Å². The van der Waals surface area contributed by atoms with Crippen LogP contribution in [0.4, 0.5) is 0 Å². The lowest BCUT2D eigenvalue weighted by molar-refractivity contribution is -0.137. The fourth-order valence-corrected chi connectivity index (χ4v) is 3.65. The number of benzene rings is 1. The molecule has 1 aromatic carbocycles. The number of nitrogens with zero attached hydrogens (tertiary/aromatic N) is 1. The van der Waals surface area contributed by atoms with Crippen LogP contribution in [0, 0.1) is 11.8 Å². The number of nitrogens with one attached hydrogen (secondary N) is 1. The molecule has 2 aliphatic rings. The lowest BCUT2D eigenvalue weighted by Gasteiger charge is -2.35. The van der Waals surface area contributed by atoms with Crippen molar-refractivity contribution in [2.75, 3.05) is 13.1 Å². The summed E-state index contributed by atoms with van der Waals surface area (Å²) in [4.78, 5) is 26.9. The fourth-order valence-electron chi connectivity index (χ4n) is 3.35. The van der Waals surface area contributed by atoms with Crippen LogP contribution in [0.3, 0.4) is 0 Å². The van der Waals surface area contributed by atoms with Crippen LogP contribution in [0.15, 0.2) is 18.2 Å². The van der Waals surface area contributed by atoms with Crippen molar-refractivity contribution in [2.24, 2.45) is 11.8 Å². The molecule has 0 radical (unpaired) electrons. The van der Waals surface area contributed by atoms with Gasteiger partial charge in [-0.1, -0.05) is 29.3 Å². The molecule has 1 aliphatic carbocycles. The summed E-state index contributed by atoms with van der Waals surface area (Å²) in [5, 5.41) is 4.08. The summed E-state index contributed by atoms with van der Waals surface area (Å²) >= 11 is 12.1. The highest BCUT2D eigenvalue weighted by molar-refractivity contribution is 6.42. The fraction of sp³-hybridized carbons (Fsp3) is 0.579. The standard InChI is InChI=1S/C19H24Cl2N2O2/c1-19(2,14-7-8-15(20)16(21)10-14)22-17(24)13-4-3-9-23(11-13)18(25)12-5-6-12/h7-8,10,12-13H,3-6,9,11H2,1-2H3,(H,22,24). The van der Waals surface area contributed by atoms with Crippen LogP contribution in [0.25, 0.3) is 0 Å². The van der Waals surface area contributed by atoms with Gasteiger partial charge in [0.1, 0.15) is 0 Å². The maximum absolute atomic E-state index is 12.8. The highest BCUT2D eigenvalue weighted by Gasteiger charge is 2.37. The summed E-state index contributed by atoms with van der Waals surface area (Å²) in [5.41, 5.74) is 0.339. The molecule has 1 unspecified atom stereocenters. The highest BCUT2D eigenvalue weighted by Crippen LogP contribution is 2.33. The van der Waals surface area contributed by atoms with Crippen molar-refractivity contribution in [3.05, 3.63) is 33.8 Å². The molecule has 6 heteroatoms. The first-order valence-corrected chi connectivity index (χ1v) is 9.60. The first-order valence-electron chi connectivity index (χ1n) is 8.84. The van der Waals surface area contributed by atoms with Gasteiger partial charge in [0.25, 0.3) is 0 Å². The van der Waals surface area contributed by atoms with Gasteiger partial charge in [0.05, 0.1) is 21.5 Å². The Morgan fingerprint density at radius 3 is 2.48 bits per heavy atom. The van der Waals surface area contributed by atoms with Gasteiger partial charge in [0, 0.05) is 19.0 Å². The molecule has 2 amide bonds. The van der Waals surface area contributed by atoms with Crippen LogP contribution in [-0.4, -0.2) is 29.8 Å². The largest absolute Gasteiger partial charge is 0.347 e. The summed E-state index contributed by atoms with van der Waals surface area (Å²) in [6, 6.07) is 5.40. The zero-order valence-electron chi connectivity index (χ0n) is 14.6. The molecule has 1 heterocycles. The molecule has 4 nitrogen and oxygen atoms in total. The van der Waals surface area contributed by atoms with Gasteiger partial charge in [-0.3, -0.25) is 9.59 Å². The molecule has 136 valence electrons. The van der Waals surface area contributed by atoms with Gasteiger partial charge in [-0.05, 0) is 57.2 Å². The molecular formula is C19H24Cl2N2O2. The number of carbonyl (C=O) groups excluding carboxylic acids is 2. The summed E-state index contributed by atoms with van der Waals surface area (Å²) in [7, 11) is 0.